The van der Waals surface area contributed by atoms with Crippen molar-refractivity contribution in [1.82, 2.24) is 15.0 Å². The molecule has 0 spiro atoms. The van der Waals surface area contributed by atoms with E-state index >= 15 is 0 Å². The summed E-state index contributed by atoms with van der Waals surface area (Å²) in [4.78, 5) is 14.7. The average molecular weight is 369 g/mol. The summed E-state index contributed by atoms with van der Waals surface area (Å²) in [6, 6.07) is 26.5. The lowest BCUT2D eigenvalue weighted by Gasteiger charge is -2.03. The third kappa shape index (κ3) is 3.69. The smallest absolute Gasteiger partial charge is 0.215 e. The van der Waals surface area contributed by atoms with Crippen LogP contribution in [0.3, 0.4) is 0 Å². The fraction of sp³-hybridized carbons (Fsp3) is 0.0870. The molecular formula is C23H19N3O2. The number of carbonyl (C=O) groups excluding carboxylic acids is 1. The van der Waals surface area contributed by atoms with Crippen LogP contribution >= 0.6 is 0 Å². The molecule has 0 aliphatic carbocycles. The first-order valence-corrected chi connectivity index (χ1v) is 8.98. The Kier molecular flexibility index (Phi) is 4.97. The number of hydrogen-bond acceptors (Lipinski definition) is 4. The third-order valence-electron chi connectivity index (χ3n) is 4.44. The van der Waals surface area contributed by atoms with Gasteiger partial charge in [0.15, 0.2) is 5.69 Å². The number of carbonyl (C=O) groups is 1. The van der Waals surface area contributed by atoms with Gasteiger partial charge in [-0.25, -0.2) is 0 Å². The largest absolute Gasteiger partial charge is 0.497 e. The number of ether oxygens (including phenoxy) is 1. The van der Waals surface area contributed by atoms with E-state index in [1.807, 2.05) is 72.8 Å². The predicted octanol–water partition coefficient (Wildman–Crippen LogP) is 4.23. The van der Waals surface area contributed by atoms with Crippen LogP contribution in [0, 0.1) is 0 Å². The zero-order chi connectivity index (χ0) is 19.3. The molecule has 0 aliphatic heterocycles. The first-order valence-electron chi connectivity index (χ1n) is 8.98. The van der Waals surface area contributed by atoms with Crippen LogP contribution in [0.1, 0.15) is 21.6 Å². The van der Waals surface area contributed by atoms with E-state index in [9.17, 15) is 4.79 Å². The summed E-state index contributed by atoms with van der Waals surface area (Å²) in [6.45, 7) is 0.492. The van der Waals surface area contributed by atoms with Crippen molar-refractivity contribution in [2.45, 2.75) is 6.54 Å². The minimum absolute atomic E-state index is 0.147. The Morgan fingerprint density at radius 1 is 0.857 bits per heavy atom. The molecule has 4 rings (SSSR count). The van der Waals surface area contributed by atoms with Gasteiger partial charge in [-0.15, -0.1) is 5.10 Å². The molecule has 0 fully saturated rings. The van der Waals surface area contributed by atoms with Gasteiger partial charge < -0.3 is 4.74 Å². The van der Waals surface area contributed by atoms with Gasteiger partial charge in [0.05, 0.1) is 13.7 Å². The molecule has 5 heteroatoms. The van der Waals surface area contributed by atoms with Gasteiger partial charge in [-0.2, -0.15) is 9.90 Å². The second-order valence-corrected chi connectivity index (χ2v) is 6.34. The molecule has 0 unspecified atom stereocenters. The van der Waals surface area contributed by atoms with Crippen molar-refractivity contribution in [3.63, 3.8) is 0 Å². The first-order chi connectivity index (χ1) is 13.7. The summed E-state index contributed by atoms with van der Waals surface area (Å²) in [6.07, 6.45) is 0. The molecule has 0 N–H and O–H groups in total. The van der Waals surface area contributed by atoms with Gasteiger partial charge in [0.25, 0.3) is 0 Å². The van der Waals surface area contributed by atoms with Crippen molar-refractivity contribution >= 4 is 5.78 Å². The second kappa shape index (κ2) is 7.88. The number of methoxy groups -OCH3 is 1. The van der Waals surface area contributed by atoms with E-state index in [4.69, 9.17) is 4.74 Å². The molecule has 5 nitrogen and oxygen atoms in total. The Hall–Kier alpha value is -3.73. The van der Waals surface area contributed by atoms with Crippen LogP contribution < -0.4 is 4.74 Å². The molecule has 4 aromatic rings. The topological polar surface area (TPSA) is 57.0 Å². The lowest BCUT2D eigenvalue weighted by Crippen LogP contribution is -2.07. The van der Waals surface area contributed by atoms with E-state index in [0.29, 0.717) is 23.5 Å². The predicted molar refractivity (Wildman–Crippen MR) is 107 cm³/mol. The molecule has 0 amide bonds. The van der Waals surface area contributed by atoms with Crippen LogP contribution in [0.4, 0.5) is 0 Å². The lowest BCUT2D eigenvalue weighted by atomic mass is 10.0. The molecule has 1 heterocycles. The van der Waals surface area contributed by atoms with Gasteiger partial charge in [-0.3, -0.25) is 4.79 Å². The maximum atomic E-state index is 13.1. The van der Waals surface area contributed by atoms with E-state index < -0.39 is 0 Å². The molecule has 3 aromatic carbocycles. The summed E-state index contributed by atoms with van der Waals surface area (Å²) < 4.78 is 5.23. The van der Waals surface area contributed by atoms with Crippen LogP contribution in [0.2, 0.25) is 0 Å². The molecule has 0 atom stereocenters. The van der Waals surface area contributed by atoms with Crippen molar-refractivity contribution < 1.29 is 9.53 Å². The molecule has 138 valence electrons. The molecular weight excluding hydrogens is 350 g/mol. The highest BCUT2D eigenvalue weighted by Crippen LogP contribution is 2.25. The zero-order valence-corrected chi connectivity index (χ0v) is 15.4. The lowest BCUT2D eigenvalue weighted by molar-refractivity contribution is 0.103. The molecule has 1 aromatic heterocycles. The summed E-state index contributed by atoms with van der Waals surface area (Å²) in [5.41, 5.74) is 3.38. The molecule has 0 radical (unpaired) electrons. The van der Waals surface area contributed by atoms with Gasteiger partial charge in [0.2, 0.25) is 5.78 Å². The molecule has 0 bridgehead atoms. The molecule has 0 aliphatic rings. The number of hydrogen-bond donors (Lipinski definition) is 0. The highest BCUT2D eigenvalue weighted by Gasteiger charge is 2.21. The number of ketones is 1. The summed E-state index contributed by atoms with van der Waals surface area (Å²) in [7, 11) is 1.62. The quantitative estimate of drug-likeness (QED) is 0.477. The summed E-state index contributed by atoms with van der Waals surface area (Å²) in [5.74, 6) is 0.599. The Morgan fingerprint density at radius 3 is 2.14 bits per heavy atom. The Labute approximate surface area is 163 Å². The highest BCUT2D eigenvalue weighted by atomic mass is 16.5. The first kappa shape index (κ1) is 17.7. The van der Waals surface area contributed by atoms with E-state index in [1.165, 1.54) is 0 Å². The van der Waals surface area contributed by atoms with Gasteiger partial charge in [0, 0.05) is 11.1 Å². The van der Waals surface area contributed by atoms with Crippen molar-refractivity contribution in [3.05, 3.63) is 102 Å². The van der Waals surface area contributed by atoms with Crippen LogP contribution in [-0.2, 0) is 6.54 Å². The van der Waals surface area contributed by atoms with Crippen LogP contribution in [0.25, 0.3) is 11.3 Å². The fourth-order valence-corrected chi connectivity index (χ4v) is 2.99. The summed E-state index contributed by atoms with van der Waals surface area (Å²) in [5, 5.41) is 9.15. The zero-order valence-electron chi connectivity index (χ0n) is 15.4. The normalized spacial score (nSPS) is 10.6. The Balaban J connectivity index is 1.76. The Morgan fingerprint density at radius 2 is 1.50 bits per heavy atom. The van der Waals surface area contributed by atoms with E-state index in [0.717, 1.165) is 16.9 Å². The van der Waals surface area contributed by atoms with Gasteiger partial charge in [-0.05, 0) is 29.8 Å². The van der Waals surface area contributed by atoms with Gasteiger partial charge in [-0.1, -0.05) is 60.7 Å². The molecule has 28 heavy (non-hydrogen) atoms. The fourth-order valence-electron chi connectivity index (χ4n) is 2.99. The van der Waals surface area contributed by atoms with Gasteiger partial charge >= 0.3 is 0 Å². The van der Waals surface area contributed by atoms with Crippen molar-refractivity contribution in [1.29, 1.82) is 0 Å². The number of benzene rings is 3. The Bertz CT molecular complexity index is 1070. The second-order valence-electron chi connectivity index (χ2n) is 6.34. The van der Waals surface area contributed by atoms with Crippen LogP contribution in [0.5, 0.6) is 5.75 Å². The number of aromatic nitrogens is 3. The molecule has 0 saturated carbocycles. The number of nitrogens with zero attached hydrogens (tertiary/aromatic N) is 3. The van der Waals surface area contributed by atoms with Crippen molar-refractivity contribution in [2.75, 3.05) is 7.11 Å². The monoisotopic (exact) mass is 369 g/mol. The number of rotatable bonds is 6. The molecule has 0 saturated heterocycles. The van der Waals surface area contributed by atoms with E-state index in [-0.39, 0.29) is 5.78 Å². The van der Waals surface area contributed by atoms with Gasteiger partial charge in [0.1, 0.15) is 11.4 Å². The minimum atomic E-state index is -0.147. The standard InChI is InChI=1S/C23H19N3O2/c1-28-20-14-12-18(13-15-20)21-22(23(27)19-10-6-3-7-11-19)25-26(24-21)16-17-8-4-2-5-9-17/h2-15H,16H2,1H3. The maximum Gasteiger partial charge on any atom is 0.215 e. The maximum absolute atomic E-state index is 13.1. The van der Waals surface area contributed by atoms with Crippen molar-refractivity contribution in [2.24, 2.45) is 0 Å². The van der Waals surface area contributed by atoms with Crippen LogP contribution in [-0.4, -0.2) is 27.9 Å². The van der Waals surface area contributed by atoms with E-state index in [1.54, 1.807) is 24.0 Å². The average Bonchev–Trinajstić information content (AvgIpc) is 3.18. The summed E-state index contributed by atoms with van der Waals surface area (Å²) >= 11 is 0. The van der Waals surface area contributed by atoms with E-state index in [2.05, 4.69) is 10.2 Å². The third-order valence-corrected chi connectivity index (χ3v) is 4.44. The minimum Gasteiger partial charge on any atom is -0.497 e. The SMILES string of the molecule is COc1ccc(-c2nn(Cc3ccccc3)nc2C(=O)c2ccccc2)cc1. The highest BCUT2D eigenvalue weighted by molar-refractivity contribution is 6.10. The van der Waals surface area contributed by atoms with Crippen molar-refractivity contribution in [3.8, 4) is 17.0 Å². The van der Waals surface area contributed by atoms with Crippen LogP contribution in [0.15, 0.2) is 84.9 Å².